The summed E-state index contributed by atoms with van der Waals surface area (Å²) in [5.74, 6) is 1.79. The van der Waals surface area contributed by atoms with Crippen LogP contribution in [-0.4, -0.2) is 36.1 Å². The number of aromatic nitrogens is 1. The van der Waals surface area contributed by atoms with E-state index >= 15 is 0 Å². The molecule has 98 valence electrons. The molecule has 4 nitrogen and oxygen atoms in total. The molecule has 0 bridgehead atoms. The highest BCUT2D eigenvalue weighted by atomic mass is 79.9. The third kappa shape index (κ3) is 2.51. The number of rotatable bonds is 1. The van der Waals surface area contributed by atoms with Crippen molar-refractivity contribution in [2.45, 2.75) is 13.8 Å². The number of urea groups is 1. The van der Waals surface area contributed by atoms with E-state index in [9.17, 15) is 4.79 Å². The molecule has 0 aromatic carbocycles. The molecule has 1 fully saturated rings. The molecule has 18 heavy (non-hydrogen) atoms. The van der Waals surface area contributed by atoms with Crippen LogP contribution in [0.25, 0.3) is 0 Å². The van der Waals surface area contributed by atoms with Gasteiger partial charge >= 0.3 is 6.03 Å². The molecule has 0 aliphatic carbocycles. The average Bonchev–Trinajstić information content (AvgIpc) is 2.68. The predicted octanol–water partition coefficient (Wildman–Crippen LogP) is 2.99. The Morgan fingerprint density at radius 2 is 2.06 bits per heavy atom. The lowest BCUT2D eigenvalue weighted by molar-refractivity contribution is 0.214. The molecule has 1 aromatic rings. The zero-order valence-electron chi connectivity index (χ0n) is 10.9. The van der Waals surface area contributed by atoms with Gasteiger partial charge in [-0.25, -0.2) is 9.78 Å². The Morgan fingerprint density at radius 1 is 1.44 bits per heavy atom. The lowest BCUT2D eigenvalue weighted by atomic mass is 10.0. The van der Waals surface area contributed by atoms with Gasteiger partial charge in [0, 0.05) is 26.3 Å². The van der Waals surface area contributed by atoms with E-state index in [0.717, 1.165) is 17.6 Å². The summed E-state index contributed by atoms with van der Waals surface area (Å²) < 4.78 is 0.834. The summed E-state index contributed by atoms with van der Waals surface area (Å²) in [6.45, 7) is 6.03. The van der Waals surface area contributed by atoms with Crippen molar-refractivity contribution in [1.29, 1.82) is 0 Å². The monoisotopic (exact) mass is 311 g/mol. The van der Waals surface area contributed by atoms with E-state index in [1.807, 2.05) is 17.0 Å². The molecular weight excluding hydrogens is 294 g/mol. The highest BCUT2D eigenvalue weighted by Gasteiger charge is 2.31. The number of amides is 2. The van der Waals surface area contributed by atoms with Gasteiger partial charge in [0.2, 0.25) is 0 Å². The molecule has 2 rings (SSSR count). The van der Waals surface area contributed by atoms with E-state index in [0.29, 0.717) is 17.7 Å². The molecule has 5 heteroatoms. The number of likely N-dealkylation sites (tertiary alicyclic amines) is 1. The van der Waals surface area contributed by atoms with Crippen LogP contribution in [0.1, 0.15) is 13.8 Å². The summed E-state index contributed by atoms with van der Waals surface area (Å²) in [5, 5.41) is 0. The summed E-state index contributed by atoms with van der Waals surface area (Å²) in [4.78, 5) is 20.1. The van der Waals surface area contributed by atoms with E-state index < -0.39 is 0 Å². The molecule has 2 unspecified atom stereocenters. The van der Waals surface area contributed by atoms with Crippen LogP contribution in [0.3, 0.4) is 0 Å². The third-order valence-electron chi connectivity index (χ3n) is 3.60. The van der Waals surface area contributed by atoms with Gasteiger partial charge < -0.3 is 4.90 Å². The smallest absolute Gasteiger partial charge is 0.324 e. The van der Waals surface area contributed by atoms with Gasteiger partial charge in [-0.2, -0.15) is 0 Å². The fourth-order valence-electron chi connectivity index (χ4n) is 2.21. The first-order chi connectivity index (χ1) is 8.50. The SMILES string of the molecule is CC1CN(C(=O)N(C)c2ncccc2Br)CC1C. The summed E-state index contributed by atoms with van der Waals surface area (Å²) in [5.41, 5.74) is 0. The zero-order chi connectivity index (χ0) is 13.3. The summed E-state index contributed by atoms with van der Waals surface area (Å²) in [6, 6.07) is 3.75. The molecule has 0 N–H and O–H groups in total. The van der Waals surface area contributed by atoms with Crippen molar-refractivity contribution in [3.63, 3.8) is 0 Å². The summed E-state index contributed by atoms with van der Waals surface area (Å²) >= 11 is 3.42. The number of carbonyl (C=O) groups is 1. The van der Waals surface area contributed by atoms with Gasteiger partial charge in [-0.15, -0.1) is 0 Å². The third-order valence-corrected chi connectivity index (χ3v) is 4.22. The van der Waals surface area contributed by atoms with Crippen LogP contribution >= 0.6 is 15.9 Å². The zero-order valence-corrected chi connectivity index (χ0v) is 12.5. The maximum atomic E-state index is 12.4. The Hall–Kier alpha value is -1.10. The first-order valence-electron chi connectivity index (χ1n) is 6.14. The molecule has 2 amide bonds. The van der Waals surface area contributed by atoms with E-state index in [2.05, 4.69) is 34.8 Å². The first kappa shape index (κ1) is 13.3. The van der Waals surface area contributed by atoms with Gasteiger partial charge in [-0.3, -0.25) is 4.90 Å². The lowest BCUT2D eigenvalue weighted by Crippen LogP contribution is -2.40. The van der Waals surface area contributed by atoms with Gasteiger partial charge in [0.25, 0.3) is 0 Å². The largest absolute Gasteiger partial charge is 0.325 e. The highest BCUT2D eigenvalue weighted by Crippen LogP contribution is 2.26. The van der Waals surface area contributed by atoms with E-state index in [1.165, 1.54) is 0 Å². The molecule has 0 saturated carbocycles. The lowest BCUT2D eigenvalue weighted by Gasteiger charge is -2.24. The Labute approximate surface area is 116 Å². The maximum Gasteiger partial charge on any atom is 0.325 e. The minimum absolute atomic E-state index is 0.0191. The fourth-order valence-corrected chi connectivity index (χ4v) is 2.73. The van der Waals surface area contributed by atoms with E-state index in [1.54, 1.807) is 18.1 Å². The van der Waals surface area contributed by atoms with Crippen LogP contribution in [0.5, 0.6) is 0 Å². The van der Waals surface area contributed by atoms with Crippen LogP contribution in [0.2, 0.25) is 0 Å². The van der Waals surface area contributed by atoms with Crippen molar-refractivity contribution < 1.29 is 4.79 Å². The Kier molecular flexibility index (Phi) is 3.90. The average molecular weight is 312 g/mol. The standard InChI is InChI=1S/C13H18BrN3O/c1-9-7-17(8-10(9)2)13(18)16(3)12-11(14)5-4-6-15-12/h4-6,9-10H,7-8H2,1-3H3. The van der Waals surface area contributed by atoms with Gasteiger partial charge in [-0.05, 0) is 39.9 Å². The van der Waals surface area contributed by atoms with E-state index in [4.69, 9.17) is 0 Å². The van der Waals surface area contributed by atoms with Crippen LogP contribution in [0.4, 0.5) is 10.6 Å². The van der Waals surface area contributed by atoms with Gasteiger partial charge in [-0.1, -0.05) is 13.8 Å². The Morgan fingerprint density at radius 3 is 2.61 bits per heavy atom. The topological polar surface area (TPSA) is 36.4 Å². The van der Waals surface area contributed by atoms with Crippen molar-refractivity contribution in [2.24, 2.45) is 11.8 Å². The highest BCUT2D eigenvalue weighted by molar-refractivity contribution is 9.10. The minimum Gasteiger partial charge on any atom is -0.324 e. The second-order valence-corrected chi connectivity index (χ2v) is 5.86. The van der Waals surface area contributed by atoms with Crippen molar-refractivity contribution >= 4 is 27.8 Å². The second-order valence-electron chi connectivity index (χ2n) is 5.01. The molecule has 2 atom stereocenters. The van der Waals surface area contributed by atoms with Gasteiger partial charge in [0.05, 0.1) is 4.47 Å². The number of nitrogens with zero attached hydrogens (tertiary/aromatic N) is 3. The number of pyridine rings is 1. The summed E-state index contributed by atoms with van der Waals surface area (Å²) in [6.07, 6.45) is 1.69. The quantitative estimate of drug-likeness (QED) is 0.799. The maximum absolute atomic E-state index is 12.4. The molecule has 1 aliphatic rings. The van der Waals surface area contributed by atoms with E-state index in [-0.39, 0.29) is 6.03 Å². The van der Waals surface area contributed by atoms with Crippen LogP contribution < -0.4 is 4.90 Å². The van der Waals surface area contributed by atoms with Crippen molar-refractivity contribution in [1.82, 2.24) is 9.88 Å². The molecular formula is C13H18BrN3O. The molecule has 0 radical (unpaired) electrons. The van der Waals surface area contributed by atoms with Crippen molar-refractivity contribution in [3.8, 4) is 0 Å². The summed E-state index contributed by atoms with van der Waals surface area (Å²) in [7, 11) is 1.77. The number of halogens is 1. The van der Waals surface area contributed by atoms with Crippen LogP contribution in [0.15, 0.2) is 22.8 Å². The molecule has 1 aromatic heterocycles. The number of hydrogen-bond acceptors (Lipinski definition) is 2. The Bertz CT molecular complexity index is 442. The predicted molar refractivity (Wildman–Crippen MR) is 75.6 cm³/mol. The minimum atomic E-state index is 0.0191. The fraction of sp³-hybridized carbons (Fsp3) is 0.538. The van der Waals surface area contributed by atoms with Crippen LogP contribution in [0, 0.1) is 11.8 Å². The first-order valence-corrected chi connectivity index (χ1v) is 6.93. The second kappa shape index (κ2) is 5.26. The molecule has 0 spiro atoms. The van der Waals surface area contributed by atoms with Gasteiger partial charge in [0.15, 0.2) is 5.82 Å². The van der Waals surface area contributed by atoms with Crippen molar-refractivity contribution in [2.75, 3.05) is 25.0 Å². The number of carbonyl (C=O) groups excluding carboxylic acids is 1. The normalized spacial score (nSPS) is 23.2. The molecule has 2 heterocycles. The number of hydrogen-bond donors (Lipinski definition) is 0. The molecule has 1 aliphatic heterocycles. The van der Waals surface area contributed by atoms with Crippen molar-refractivity contribution in [3.05, 3.63) is 22.8 Å². The van der Waals surface area contributed by atoms with Crippen LogP contribution in [-0.2, 0) is 0 Å². The Balaban J connectivity index is 2.13. The van der Waals surface area contributed by atoms with Gasteiger partial charge in [0.1, 0.15) is 0 Å². The number of anilines is 1. The molecule has 1 saturated heterocycles.